The van der Waals surface area contributed by atoms with E-state index in [0.29, 0.717) is 6.54 Å². The first-order valence-electron chi connectivity index (χ1n) is 6.39. The van der Waals surface area contributed by atoms with E-state index in [1.165, 1.54) is 16.7 Å². The minimum Gasteiger partial charge on any atom is -0.329 e. The topological polar surface area (TPSA) is 42.1 Å². The predicted octanol–water partition coefficient (Wildman–Crippen LogP) is 2.75. The lowest BCUT2D eigenvalue weighted by molar-refractivity contribution is 0.211. The fourth-order valence-electron chi connectivity index (χ4n) is 2.71. The average molecular weight is 274 g/mol. The first kappa shape index (κ1) is 12.6. The second-order valence-electron chi connectivity index (χ2n) is 4.86. The van der Waals surface area contributed by atoms with Crippen molar-refractivity contribution in [3.63, 3.8) is 0 Å². The molecule has 98 valence electrons. The highest BCUT2D eigenvalue weighted by Gasteiger charge is 2.29. The van der Waals surface area contributed by atoms with Crippen molar-refractivity contribution in [3.05, 3.63) is 64.4 Å². The van der Waals surface area contributed by atoms with Gasteiger partial charge >= 0.3 is 0 Å². The van der Waals surface area contributed by atoms with E-state index < -0.39 is 0 Å². The molecular formula is C15H16ClN3. The molecule has 1 unspecified atom stereocenters. The fourth-order valence-corrected chi connectivity index (χ4v) is 2.89. The van der Waals surface area contributed by atoms with Crippen LogP contribution >= 0.6 is 11.6 Å². The Bertz CT molecular complexity index is 571. The van der Waals surface area contributed by atoms with Crippen LogP contribution in [0.3, 0.4) is 0 Å². The molecule has 0 aliphatic carbocycles. The molecule has 3 rings (SSSR count). The number of hydrogen-bond acceptors (Lipinski definition) is 3. The average Bonchev–Trinajstić information content (AvgIpc) is 2.76. The molecule has 1 atom stereocenters. The van der Waals surface area contributed by atoms with Gasteiger partial charge in [-0.25, -0.2) is 0 Å². The second-order valence-corrected chi connectivity index (χ2v) is 5.29. The summed E-state index contributed by atoms with van der Waals surface area (Å²) in [5, 5.41) is 0.781. The van der Waals surface area contributed by atoms with E-state index in [1.54, 1.807) is 0 Å². The van der Waals surface area contributed by atoms with Crippen LogP contribution in [-0.4, -0.2) is 16.4 Å². The van der Waals surface area contributed by atoms with E-state index in [2.05, 4.69) is 16.0 Å². The highest BCUT2D eigenvalue weighted by atomic mass is 35.5. The molecule has 2 N–H and O–H groups in total. The molecule has 1 aromatic carbocycles. The van der Waals surface area contributed by atoms with Gasteiger partial charge in [-0.1, -0.05) is 17.7 Å². The van der Waals surface area contributed by atoms with Gasteiger partial charge in [0.25, 0.3) is 0 Å². The summed E-state index contributed by atoms with van der Waals surface area (Å²) in [6.07, 6.45) is 3.65. The molecule has 0 bridgehead atoms. The highest BCUT2D eigenvalue weighted by Crippen LogP contribution is 2.35. The summed E-state index contributed by atoms with van der Waals surface area (Å²) >= 11 is 6.09. The van der Waals surface area contributed by atoms with Gasteiger partial charge in [-0.3, -0.25) is 9.88 Å². The molecule has 3 nitrogen and oxygen atoms in total. The molecule has 0 spiro atoms. The summed E-state index contributed by atoms with van der Waals surface area (Å²) in [6.45, 7) is 2.42. The number of rotatable bonds is 3. The van der Waals surface area contributed by atoms with Gasteiger partial charge in [-0.15, -0.1) is 0 Å². The molecule has 0 fully saturated rings. The number of aromatic nitrogens is 1. The third kappa shape index (κ3) is 2.50. The summed E-state index contributed by atoms with van der Waals surface area (Å²) in [5.74, 6) is 0. The molecule has 0 saturated carbocycles. The predicted molar refractivity (Wildman–Crippen MR) is 76.7 cm³/mol. The molecule has 1 aliphatic rings. The van der Waals surface area contributed by atoms with Crippen molar-refractivity contribution in [2.24, 2.45) is 5.73 Å². The number of benzene rings is 1. The molecule has 4 heteroatoms. The maximum absolute atomic E-state index is 6.09. The zero-order chi connectivity index (χ0) is 13.2. The van der Waals surface area contributed by atoms with Crippen LogP contribution in [0.5, 0.6) is 0 Å². The third-order valence-corrected chi connectivity index (χ3v) is 3.87. The molecule has 2 aromatic rings. The number of halogens is 1. The maximum Gasteiger partial charge on any atom is 0.0481 e. The van der Waals surface area contributed by atoms with Crippen LogP contribution in [-0.2, 0) is 13.1 Å². The third-order valence-electron chi connectivity index (χ3n) is 3.64. The first-order valence-corrected chi connectivity index (χ1v) is 6.77. The van der Waals surface area contributed by atoms with Crippen LogP contribution in [0.2, 0.25) is 5.02 Å². The van der Waals surface area contributed by atoms with Gasteiger partial charge in [0.05, 0.1) is 0 Å². The Kier molecular flexibility index (Phi) is 3.51. The van der Waals surface area contributed by atoms with E-state index in [-0.39, 0.29) is 6.04 Å². The largest absolute Gasteiger partial charge is 0.329 e. The van der Waals surface area contributed by atoms with Crippen LogP contribution in [0.25, 0.3) is 0 Å². The van der Waals surface area contributed by atoms with Crippen molar-refractivity contribution in [1.82, 2.24) is 9.88 Å². The van der Waals surface area contributed by atoms with Crippen molar-refractivity contribution in [2.75, 3.05) is 6.54 Å². The van der Waals surface area contributed by atoms with E-state index >= 15 is 0 Å². The Hall–Kier alpha value is -1.42. The molecule has 19 heavy (non-hydrogen) atoms. The standard InChI is InChI=1S/C15H16ClN3/c16-13-2-1-12-10-19(15(8-17)14(12)7-13)9-11-3-5-18-6-4-11/h1-7,15H,8-10,17H2. The normalized spacial score (nSPS) is 18.5. The number of nitrogens with zero attached hydrogens (tertiary/aromatic N) is 2. The molecule has 0 amide bonds. The Morgan fingerprint density at radius 1 is 1.26 bits per heavy atom. The zero-order valence-corrected chi connectivity index (χ0v) is 11.3. The minimum absolute atomic E-state index is 0.252. The van der Waals surface area contributed by atoms with Crippen LogP contribution in [0, 0.1) is 0 Å². The van der Waals surface area contributed by atoms with Gasteiger partial charge in [0, 0.05) is 43.1 Å². The Labute approximate surface area is 118 Å². The quantitative estimate of drug-likeness (QED) is 0.935. The molecule has 2 heterocycles. The summed E-state index contributed by atoms with van der Waals surface area (Å²) in [5.41, 5.74) is 9.80. The summed E-state index contributed by atoms with van der Waals surface area (Å²) < 4.78 is 0. The van der Waals surface area contributed by atoms with Gasteiger partial charge in [0.15, 0.2) is 0 Å². The van der Waals surface area contributed by atoms with Gasteiger partial charge < -0.3 is 5.73 Å². The molecular weight excluding hydrogens is 258 g/mol. The Balaban J connectivity index is 1.85. The van der Waals surface area contributed by atoms with Gasteiger partial charge in [-0.2, -0.15) is 0 Å². The first-order chi connectivity index (χ1) is 9.28. The lowest BCUT2D eigenvalue weighted by Gasteiger charge is -2.23. The van der Waals surface area contributed by atoms with Gasteiger partial charge in [0.2, 0.25) is 0 Å². The second kappa shape index (κ2) is 5.29. The number of nitrogens with two attached hydrogens (primary N) is 1. The molecule has 1 aliphatic heterocycles. The smallest absolute Gasteiger partial charge is 0.0481 e. The van der Waals surface area contributed by atoms with Crippen molar-refractivity contribution in [1.29, 1.82) is 0 Å². The monoisotopic (exact) mass is 273 g/mol. The molecule has 0 radical (unpaired) electrons. The van der Waals surface area contributed by atoms with Crippen LogP contribution in [0.15, 0.2) is 42.7 Å². The molecule has 0 saturated heterocycles. The van der Waals surface area contributed by atoms with Crippen molar-refractivity contribution < 1.29 is 0 Å². The van der Waals surface area contributed by atoms with Crippen molar-refractivity contribution in [3.8, 4) is 0 Å². The molecule has 1 aromatic heterocycles. The van der Waals surface area contributed by atoms with E-state index in [9.17, 15) is 0 Å². The number of pyridine rings is 1. The SMILES string of the molecule is NCC1c2cc(Cl)ccc2CN1Cc1ccncc1. The lowest BCUT2D eigenvalue weighted by Crippen LogP contribution is -2.27. The van der Waals surface area contributed by atoms with E-state index in [1.807, 2.05) is 36.7 Å². The van der Waals surface area contributed by atoms with Gasteiger partial charge in [-0.05, 0) is 41.0 Å². The lowest BCUT2D eigenvalue weighted by atomic mass is 10.1. The Morgan fingerprint density at radius 3 is 2.79 bits per heavy atom. The van der Waals surface area contributed by atoms with Crippen LogP contribution < -0.4 is 5.73 Å². The summed E-state index contributed by atoms with van der Waals surface area (Å²) in [7, 11) is 0. The van der Waals surface area contributed by atoms with Crippen molar-refractivity contribution >= 4 is 11.6 Å². The maximum atomic E-state index is 6.09. The Morgan fingerprint density at radius 2 is 2.05 bits per heavy atom. The number of fused-ring (bicyclic) bond motifs is 1. The minimum atomic E-state index is 0.252. The fraction of sp³-hybridized carbons (Fsp3) is 0.267. The van der Waals surface area contributed by atoms with Crippen LogP contribution in [0.4, 0.5) is 0 Å². The highest BCUT2D eigenvalue weighted by molar-refractivity contribution is 6.30. The van der Waals surface area contributed by atoms with E-state index in [0.717, 1.165) is 18.1 Å². The summed E-state index contributed by atoms with van der Waals surface area (Å²) in [6, 6.07) is 10.4. The van der Waals surface area contributed by atoms with Crippen LogP contribution in [0.1, 0.15) is 22.7 Å². The van der Waals surface area contributed by atoms with Crippen molar-refractivity contribution in [2.45, 2.75) is 19.1 Å². The van der Waals surface area contributed by atoms with Gasteiger partial charge in [0.1, 0.15) is 0 Å². The number of hydrogen-bond donors (Lipinski definition) is 1. The van der Waals surface area contributed by atoms with E-state index in [4.69, 9.17) is 17.3 Å². The summed E-state index contributed by atoms with van der Waals surface area (Å²) in [4.78, 5) is 6.43. The zero-order valence-electron chi connectivity index (χ0n) is 10.6.